The first-order chi connectivity index (χ1) is 10.4. The number of piperidine rings is 1. The molecule has 2 fully saturated rings. The van der Waals surface area contributed by atoms with Crippen molar-refractivity contribution in [3.63, 3.8) is 0 Å². The Morgan fingerprint density at radius 3 is 2.13 bits per heavy atom. The average Bonchev–Trinajstić information content (AvgIpc) is 2.58. The Hall–Kier alpha value is -0.810. The van der Waals surface area contributed by atoms with E-state index in [1.807, 2.05) is 18.2 Å². The van der Waals surface area contributed by atoms with Crippen LogP contribution in [0.3, 0.4) is 0 Å². The predicted molar refractivity (Wildman–Crippen MR) is 98.6 cm³/mol. The zero-order valence-corrected chi connectivity index (χ0v) is 15.1. The summed E-state index contributed by atoms with van der Waals surface area (Å²) < 4.78 is 0. The summed E-state index contributed by atoms with van der Waals surface area (Å²) in [5, 5.41) is 3.37. The molecule has 0 radical (unpaired) electrons. The van der Waals surface area contributed by atoms with E-state index in [0.29, 0.717) is 5.91 Å². The van der Waals surface area contributed by atoms with E-state index < -0.39 is 0 Å². The molecule has 0 spiro atoms. The van der Waals surface area contributed by atoms with E-state index in [-0.39, 0.29) is 30.9 Å². The van der Waals surface area contributed by atoms with Crippen LogP contribution in [0.2, 0.25) is 0 Å². The van der Waals surface area contributed by atoms with Crippen molar-refractivity contribution in [3.05, 3.63) is 35.9 Å². The Morgan fingerprint density at radius 2 is 1.52 bits per heavy atom. The summed E-state index contributed by atoms with van der Waals surface area (Å²) in [4.78, 5) is 17.5. The third-order valence-corrected chi connectivity index (χ3v) is 4.53. The largest absolute Gasteiger partial charge is 0.341 e. The molecule has 1 atom stereocenters. The highest BCUT2D eigenvalue weighted by Crippen LogP contribution is 2.25. The number of halogens is 2. The minimum absolute atomic E-state index is 0. The Morgan fingerprint density at radius 1 is 0.913 bits per heavy atom. The molecule has 1 amide bonds. The van der Waals surface area contributed by atoms with Gasteiger partial charge in [0, 0.05) is 39.3 Å². The van der Waals surface area contributed by atoms with Gasteiger partial charge < -0.3 is 10.2 Å². The van der Waals surface area contributed by atoms with Gasteiger partial charge in [-0.25, -0.2) is 0 Å². The molecule has 1 aromatic carbocycles. The maximum Gasteiger partial charge on any atom is 0.244 e. The molecule has 2 heterocycles. The number of carbonyl (C=O) groups excluding carboxylic acids is 1. The van der Waals surface area contributed by atoms with Crippen molar-refractivity contribution in [2.75, 3.05) is 39.3 Å². The summed E-state index contributed by atoms with van der Waals surface area (Å²) >= 11 is 0. The van der Waals surface area contributed by atoms with Crippen LogP contribution < -0.4 is 5.32 Å². The normalized spacial score (nSPS) is 20.1. The molecule has 1 unspecified atom stereocenters. The second-order valence-electron chi connectivity index (χ2n) is 5.99. The number of nitrogens with one attached hydrogen (secondary N) is 1. The topological polar surface area (TPSA) is 35.6 Å². The number of amides is 1. The highest BCUT2D eigenvalue weighted by Gasteiger charge is 2.32. The van der Waals surface area contributed by atoms with Gasteiger partial charge in [-0.1, -0.05) is 30.3 Å². The third kappa shape index (κ3) is 5.08. The van der Waals surface area contributed by atoms with Gasteiger partial charge in [-0.3, -0.25) is 9.69 Å². The zero-order chi connectivity index (χ0) is 14.5. The summed E-state index contributed by atoms with van der Waals surface area (Å²) in [5.74, 6) is 0.294. The van der Waals surface area contributed by atoms with E-state index in [9.17, 15) is 4.79 Å². The molecule has 0 saturated carbocycles. The van der Waals surface area contributed by atoms with Crippen LogP contribution in [0.1, 0.15) is 30.9 Å². The first-order valence-corrected chi connectivity index (χ1v) is 8.15. The number of likely N-dealkylation sites (tertiary alicyclic amines) is 1. The summed E-state index contributed by atoms with van der Waals surface area (Å²) in [7, 11) is 0. The van der Waals surface area contributed by atoms with Gasteiger partial charge in [0.2, 0.25) is 5.91 Å². The number of rotatable bonds is 3. The van der Waals surface area contributed by atoms with Gasteiger partial charge in [0.25, 0.3) is 0 Å². The van der Waals surface area contributed by atoms with Crippen molar-refractivity contribution >= 4 is 30.7 Å². The Labute approximate surface area is 151 Å². The van der Waals surface area contributed by atoms with Gasteiger partial charge in [0.15, 0.2) is 0 Å². The first kappa shape index (κ1) is 20.2. The monoisotopic (exact) mass is 359 g/mol. The highest BCUT2D eigenvalue weighted by atomic mass is 35.5. The Bertz CT molecular complexity index is 460. The van der Waals surface area contributed by atoms with Crippen molar-refractivity contribution in [2.45, 2.75) is 25.3 Å². The SMILES string of the molecule is Cl.Cl.O=C(C(c1ccccc1)N1CCNCC1)N1CCCCC1. The van der Waals surface area contributed by atoms with Crippen molar-refractivity contribution in [2.24, 2.45) is 0 Å². The van der Waals surface area contributed by atoms with Gasteiger partial charge in [0.1, 0.15) is 6.04 Å². The molecule has 0 bridgehead atoms. The van der Waals surface area contributed by atoms with E-state index >= 15 is 0 Å². The lowest BCUT2D eigenvalue weighted by molar-refractivity contribution is -0.138. The molecule has 6 heteroatoms. The van der Waals surface area contributed by atoms with E-state index in [2.05, 4.69) is 27.2 Å². The van der Waals surface area contributed by atoms with Crippen LogP contribution in [-0.2, 0) is 4.79 Å². The van der Waals surface area contributed by atoms with Gasteiger partial charge >= 0.3 is 0 Å². The van der Waals surface area contributed by atoms with E-state index in [1.54, 1.807) is 0 Å². The third-order valence-electron chi connectivity index (χ3n) is 4.53. The first-order valence-electron chi connectivity index (χ1n) is 8.15. The lowest BCUT2D eigenvalue weighted by Crippen LogP contribution is -2.51. The van der Waals surface area contributed by atoms with Crippen LogP contribution in [-0.4, -0.2) is 55.0 Å². The van der Waals surface area contributed by atoms with Crippen LogP contribution in [0.5, 0.6) is 0 Å². The summed E-state index contributed by atoms with van der Waals surface area (Å²) in [6.07, 6.45) is 3.55. The van der Waals surface area contributed by atoms with Gasteiger partial charge in [0.05, 0.1) is 0 Å². The molecule has 0 aliphatic carbocycles. The van der Waals surface area contributed by atoms with E-state index in [1.165, 1.54) is 6.42 Å². The number of benzene rings is 1. The zero-order valence-electron chi connectivity index (χ0n) is 13.4. The predicted octanol–water partition coefficient (Wildman–Crippen LogP) is 2.49. The molecule has 1 N–H and O–H groups in total. The fraction of sp³-hybridized carbons (Fsp3) is 0.588. The second-order valence-corrected chi connectivity index (χ2v) is 5.99. The van der Waals surface area contributed by atoms with Crippen LogP contribution in [0.25, 0.3) is 0 Å². The standard InChI is InChI=1S/C17H25N3O.2ClH/c21-17(20-11-5-2-6-12-20)16(15-7-3-1-4-8-15)19-13-9-18-10-14-19;;/h1,3-4,7-8,16,18H,2,5-6,9-14H2;2*1H. The van der Waals surface area contributed by atoms with Crippen molar-refractivity contribution in [3.8, 4) is 0 Å². The fourth-order valence-electron chi connectivity index (χ4n) is 3.37. The molecule has 4 nitrogen and oxygen atoms in total. The van der Waals surface area contributed by atoms with E-state index in [0.717, 1.165) is 57.7 Å². The van der Waals surface area contributed by atoms with E-state index in [4.69, 9.17) is 0 Å². The van der Waals surface area contributed by atoms with Crippen LogP contribution in [0.15, 0.2) is 30.3 Å². The van der Waals surface area contributed by atoms with Gasteiger partial charge in [-0.05, 0) is 24.8 Å². The molecule has 23 heavy (non-hydrogen) atoms. The molecule has 0 aromatic heterocycles. The summed E-state index contributed by atoms with van der Waals surface area (Å²) in [5.41, 5.74) is 1.13. The molecule has 2 saturated heterocycles. The lowest BCUT2D eigenvalue weighted by Gasteiger charge is -2.38. The van der Waals surface area contributed by atoms with Gasteiger partial charge in [-0.15, -0.1) is 24.8 Å². The summed E-state index contributed by atoms with van der Waals surface area (Å²) in [6.45, 7) is 5.67. The molecular formula is C17H27Cl2N3O. The summed E-state index contributed by atoms with van der Waals surface area (Å²) in [6, 6.07) is 10.2. The van der Waals surface area contributed by atoms with Gasteiger partial charge in [-0.2, -0.15) is 0 Å². The maximum atomic E-state index is 13.1. The molecular weight excluding hydrogens is 333 g/mol. The number of piperazine rings is 1. The molecule has 1 aromatic rings. The second kappa shape index (κ2) is 10.1. The quantitative estimate of drug-likeness (QED) is 0.900. The Kier molecular flexibility index (Phi) is 8.92. The van der Waals surface area contributed by atoms with Crippen molar-refractivity contribution in [1.82, 2.24) is 15.1 Å². The number of hydrogen-bond donors (Lipinski definition) is 1. The minimum atomic E-state index is -0.105. The molecule has 3 rings (SSSR count). The van der Waals surface area contributed by atoms with Crippen LogP contribution >= 0.6 is 24.8 Å². The molecule has 2 aliphatic rings. The van der Waals surface area contributed by atoms with Crippen molar-refractivity contribution < 1.29 is 4.79 Å². The van der Waals surface area contributed by atoms with Crippen LogP contribution in [0, 0.1) is 0 Å². The number of carbonyl (C=O) groups is 1. The number of hydrogen-bond acceptors (Lipinski definition) is 3. The van der Waals surface area contributed by atoms with Crippen LogP contribution in [0.4, 0.5) is 0 Å². The maximum absolute atomic E-state index is 13.1. The molecule has 130 valence electrons. The number of nitrogens with zero attached hydrogens (tertiary/aromatic N) is 2. The smallest absolute Gasteiger partial charge is 0.244 e. The fourth-order valence-corrected chi connectivity index (χ4v) is 3.37. The minimum Gasteiger partial charge on any atom is -0.341 e. The Balaban J connectivity index is 0.00000132. The average molecular weight is 360 g/mol. The highest BCUT2D eigenvalue weighted by molar-refractivity contribution is 5.85. The molecule has 2 aliphatic heterocycles. The lowest BCUT2D eigenvalue weighted by atomic mass is 10.0. The van der Waals surface area contributed by atoms with Crippen molar-refractivity contribution in [1.29, 1.82) is 0 Å².